The molecule has 0 aliphatic carbocycles. The molecule has 3 nitrogen and oxygen atoms in total. The van der Waals surface area contributed by atoms with Crippen LogP contribution in [-0.2, 0) is 6.54 Å². The van der Waals surface area contributed by atoms with Gasteiger partial charge in [-0.2, -0.15) is 0 Å². The third-order valence-electron chi connectivity index (χ3n) is 3.28. The van der Waals surface area contributed by atoms with Gasteiger partial charge in [0.2, 0.25) is 0 Å². The Morgan fingerprint density at radius 2 is 2.18 bits per heavy atom. The smallest absolute Gasteiger partial charge is 0.185 e. The average Bonchev–Trinajstić information content (AvgIpc) is 2.76. The van der Waals surface area contributed by atoms with Crippen LogP contribution in [-0.4, -0.2) is 24.1 Å². The predicted molar refractivity (Wildman–Crippen MR) is 74.7 cm³/mol. The molecule has 0 amide bonds. The molecule has 1 aromatic rings. The van der Waals surface area contributed by atoms with E-state index in [2.05, 4.69) is 36.0 Å². The molecular formula is C13H23N3S. The largest absolute Gasteiger partial charge is 0.348 e. The van der Waals surface area contributed by atoms with Crippen molar-refractivity contribution in [1.82, 2.24) is 10.3 Å². The number of nitrogens with one attached hydrogen (secondary N) is 1. The lowest BCUT2D eigenvalue weighted by molar-refractivity contribution is 0.438. The molecule has 0 unspecified atom stereocenters. The summed E-state index contributed by atoms with van der Waals surface area (Å²) in [6.45, 7) is 9.98. The van der Waals surface area contributed by atoms with Crippen LogP contribution in [0, 0.1) is 5.92 Å². The highest BCUT2D eigenvalue weighted by Crippen LogP contribution is 2.27. The van der Waals surface area contributed by atoms with Crippen molar-refractivity contribution in [2.45, 2.75) is 46.2 Å². The van der Waals surface area contributed by atoms with Crippen LogP contribution in [0.25, 0.3) is 0 Å². The van der Waals surface area contributed by atoms with Gasteiger partial charge in [0.15, 0.2) is 5.13 Å². The van der Waals surface area contributed by atoms with E-state index in [-0.39, 0.29) is 0 Å². The first-order valence-electron chi connectivity index (χ1n) is 6.58. The first kappa shape index (κ1) is 12.8. The number of anilines is 1. The van der Waals surface area contributed by atoms with Gasteiger partial charge >= 0.3 is 0 Å². The summed E-state index contributed by atoms with van der Waals surface area (Å²) < 4.78 is 0. The highest BCUT2D eigenvalue weighted by molar-refractivity contribution is 7.15. The van der Waals surface area contributed by atoms with E-state index >= 15 is 0 Å². The Hall–Kier alpha value is -0.610. The Balaban J connectivity index is 1.89. The normalized spacial score (nSPS) is 18.0. The zero-order chi connectivity index (χ0) is 12.3. The average molecular weight is 253 g/mol. The van der Waals surface area contributed by atoms with Gasteiger partial charge in [-0.25, -0.2) is 4.98 Å². The van der Waals surface area contributed by atoms with E-state index in [1.54, 1.807) is 0 Å². The molecule has 1 saturated heterocycles. The highest BCUT2D eigenvalue weighted by atomic mass is 32.1. The zero-order valence-electron chi connectivity index (χ0n) is 11.1. The first-order chi connectivity index (χ1) is 8.15. The fraction of sp³-hybridized carbons (Fsp3) is 0.769. The van der Waals surface area contributed by atoms with Gasteiger partial charge in [-0.15, -0.1) is 11.3 Å². The van der Waals surface area contributed by atoms with Gasteiger partial charge in [0.05, 0.1) is 0 Å². The van der Waals surface area contributed by atoms with Crippen molar-refractivity contribution in [2.75, 3.05) is 18.0 Å². The second-order valence-corrected chi connectivity index (χ2v) is 6.41. The molecule has 1 N–H and O–H groups in total. The van der Waals surface area contributed by atoms with E-state index in [9.17, 15) is 0 Å². The van der Waals surface area contributed by atoms with Gasteiger partial charge in [-0.05, 0) is 18.8 Å². The van der Waals surface area contributed by atoms with Crippen LogP contribution in [0.4, 0.5) is 5.13 Å². The maximum absolute atomic E-state index is 4.55. The van der Waals surface area contributed by atoms with E-state index in [4.69, 9.17) is 0 Å². The van der Waals surface area contributed by atoms with Crippen LogP contribution < -0.4 is 10.2 Å². The topological polar surface area (TPSA) is 28.2 Å². The van der Waals surface area contributed by atoms with Gasteiger partial charge in [-0.3, -0.25) is 0 Å². The van der Waals surface area contributed by atoms with Crippen LogP contribution in [0.5, 0.6) is 0 Å². The van der Waals surface area contributed by atoms with E-state index in [0.717, 1.165) is 12.5 Å². The minimum atomic E-state index is 0.538. The third kappa shape index (κ3) is 3.68. The van der Waals surface area contributed by atoms with Crippen molar-refractivity contribution < 1.29 is 0 Å². The van der Waals surface area contributed by atoms with Crippen molar-refractivity contribution >= 4 is 16.5 Å². The maximum atomic E-state index is 4.55. The van der Waals surface area contributed by atoms with Crippen molar-refractivity contribution in [3.05, 3.63) is 11.1 Å². The van der Waals surface area contributed by atoms with Crippen molar-refractivity contribution in [3.8, 4) is 0 Å². The molecule has 0 saturated carbocycles. The van der Waals surface area contributed by atoms with Crippen molar-refractivity contribution in [1.29, 1.82) is 0 Å². The standard InChI is InChI=1S/C13H23N3S/c1-10(2)14-8-12-9-15-13(17-12)16-6-4-11(3)5-7-16/h9-11,14H,4-8H2,1-3H3. The van der Waals surface area contributed by atoms with Gasteiger partial charge in [0, 0.05) is 36.8 Å². The fourth-order valence-electron chi connectivity index (χ4n) is 2.03. The molecule has 0 spiro atoms. The molecule has 1 aliphatic rings. The number of rotatable bonds is 4. The SMILES string of the molecule is CC1CCN(c2ncc(CNC(C)C)s2)CC1. The molecule has 4 heteroatoms. The summed E-state index contributed by atoms with van der Waals surface area (Å²) >= 11 is 1.83. The van der Waals surface area contributed by atoms with Crippen LogP contribution in [0.2, 0.25) is 0 Å². The number of aromatic nitrogens is 1. The van der Waals surface area contributed by atoms with Crippen molar-refractivity contribution in [3.63, 3.8) is 0 Å². The third-order valence-corrected chi connectivity index (χ3v) is 4.34. The van der Waals surface area contributed by atoms with E-state index in [1.807, 2.05) is 17.5 Å². The summed E-state index contributed by atoms with van der Waals surface area (Å²) in [7, 11) is 0. The number of thiazole rings is 1. The summed E-state index contributed by atoms with van der Waals surface area (Å²) in [5, 5.41) is 4.64. The molecule has 0 atom stereocenters. The summed E-state index contributed by atoms with van der Waals surface area (Å²) in [6.07, 6.45) is 4.63. The predicted octanol–water partition coefficient (Wildman–Crippen LogP) is 2.88. The summed E-state index contributed by atoms with van der Waals surface area (Å²) in [5.41, 5.74) is 0. The first-order valence-corrected chi connectivity index (χ1v) is 7.40. The molecule has 2 rings (SSSR count). The Morgan fingerprint density at radius 1 is 1.47 bits per heavy atom. The van der Waals surface area contributed by atoms with Gasteiger partial charge < -0.3 is 10.2 Å². The molecule has 1 aromatic heterocycles. The van der Waals surface area contributed by atoms with Crippen molar-refractivity contribution in [2.24, 2.45) is 5.92 Å². The van der Waals surface area contributed by atoms with Gasteiger partial charge in [0.25, 0.3) is 0 Å². The highest BCUT2D eigenvalue weighted by Gasteiger charge is 2.18. The number of nitrogens with zero attached hydrogens (tertiary/aromatic N) is 2. The zero-order valence-corrected chi connectivity index (χ0v) is 11.9. The molecule has 2 heterocycles. The van der Waals surface area contributed by atoms with Crippen LogP contribution in [0.3, 0.4) is 0 Å². The number of hydrogen-bond donors (Lipinski definition) is 1. The molecule has 0 bridgehead atoms. The molecule has 17 heavy (non-hydrogen) atoms. The van der Waals surface area contributed by atoms with Crippen LogP contribution in [0.15, 0.2) is 6.20 Å². The monoisotopic (exact) mass is 253 g/mol. The minimum Gasteiger partial charge on any atom is -0.348 e. The molecule has 0 radical (unpaired) electrons. The summed E-state index contributed by atoms with van der Waals surface area (Å²) in [6, 6.07) is 0.538. The van der Waals surface area contributed by atoms with Gasteiger partial charge in [0.1, 0.15) is 0 Å². The molecule has 1 aliphatic heterocycles. The molecule has 0 aromatic carbocycles. The molecule has 1 fully saturated rings. The molecule has 96 valence electrons. The van der Waals surface area contributed by atoms with E-state index in [0.29, 0.717) is 6.04 Å². The quantitative estimate of drug-likeness (QED) is 0.894. The second-order valence-electron chi connectivity index (χ2n) is 5.31. The van der Waals surface area contributed by atoms with E-state index < -0.39 is 0 Å². The minimum absolute atomic E-state index is 0.538. The maximum Gasteiger partial charge on any atom is 0.185 e. The number of piperidine rings is 1. The van der Waals surface area contributed by atoms with Gasteiger partial charge in [-0.1, -0.05) is 20.8 Å². The van der Waals surface area contributed by atoms with Crippen LogP contribution in [0.1, 0.15) is 38.5 Å². The Bertz CT molecular complexity index is 340. The molecular weight excluding hydrogens is 230 g/mol. The Morgan fingerprint density at radius 3 is 2.82 bits per heavy atom. The summed E-state index contributed by atoms with van der Waals surface area (Å²) in [4.78, 5) is 8.32. The summed E-state index contributed by atoms with van der Waals surface area (Å²) in [5.74, 6) is 0.883. The fourth-order valence-corrected chi connectivity index (χ4v) is 2.94. The van der Waals surface area contributed by atoms with Crippen LogP contribution >= 0.6 is 11.3 Å². The second kappa shape index (κ2) is 5.83. The lowest BCUT2D eigenvalue weighted by Gasteiger charge is -2.29. The van der Waals surface area contributed by atoms with E-state index in [1.165, 1.54) is 35.9 Å². The lowest BCUT2D eigenvalue weighted by atomic mass is 10.00. The Labute approximate surface area is 108 Å². The number of hydrogen-bond acceptors (Lipinski definition) is 4. The Kier molecular flexibility index (Phi) is 4.40. The lowest BCUT2D eigenvalue weighted by Crippen LogP contribution is -2.32.